The predicted molar refractivity (Wildman–Crippen MR) is 139 cm³/mol. The molecule has 2 unspecified atom stereocenters. The summed E-state index contributed by atoms with van der Waals surface area (Å²) in [6.45, 7) is 2.83. The van der Waals surface area contributed by atoms with Crippen molar-refractivity contribution in [3.63, 3.8) is 0 Å². The summed E-state index contributed by atoms with van der Waals surface area (Å²) in [4.78, 5) is 19.8. The summed E-state index contributed by atoms with van der Waals surface area (Å²) < 4.78 is 4.74. The highest BCUT2D eigenvalue weighted by atomic mass is 127. The van der Waals surface area contributed by atoms with Crippen molar-refractivity contribution >= 4 is 47.2 Å². The summed E-state index contributed by atoms with van der Waals surface area (Å²) >= 11 is 1.85. The quantitative estimate of drug-likeness (QED) is 0.234. The number of guanidine groups is 1. The molecule has 2 aromatic rings. The molecule has 0 amide bonds. The van der Waals surface area contributed by atoms with Gasteiger partial charge in [-0.05, 0) is 67.9 Å². The second kappa shape index (κ2) is 13.0. The second-order valence-corrected chi connectivity index (χ2v) is 8.64. The molecule has 31 heavy (non-hydrogen) atoms. The van der Waals surface area contributed by atoms with Gasteiger partial charge in [0.1, 0.15) is 0 Å². The van der Waals surface area contributed by atoms with Crippen LogP contribution in [0.1, 0.15) is 39.7 Å². The van der Waals surface area contributed by atoms with E-state index in [2.05, 4.69) is 45.1 Å². The fourth-order valence-electron chi connectivity index (χ4n) is 4.08. The number of likely N-dealkylation sites (tertiary alicyclic amines) is 1. The lowest BCUT2D eigenvalue weighted by molar-refractivity contribution is 0.0600. The molecule has 8 heteroatoms. The molecule has 170 valence electrons. The van der Waals surface area contributed by atoms with Gasteiger partial charge in [-0.2, -0.15) is 0 Å². The number of piperidine rings is 1. The number of ether oxygens (including phenoxy) is 1. The molecule has 2 heterocycles. The summed E-state index contributed by atoms with van der Waals surface area (Å²) in [7, 11) is 5.44. The van der Waals surface area contributed by atoms with E-state index in [1.54, 1.807) is 12.1 Å². The Hall–Kier alpha value is -1.65. The standard InChI is InChI=1S/C23H32N4O2S.HI/c1-24-23(25-13-12-17-8-10-18(11-9-17)22(28)29-3)26-16-19-6-4-14-27(2)21(19)20-7-5-15-30-20;/h5,7-11,15,19,21H,4,6,12-14,16H2,1-3H3,(H2,24,25,26);1H. The van der Waals surface area contributed by atoms with Crippen molar-refractivity contribution in [1.29, 1.82) is 0 Å². The van der Waals surface area contributed by atoms with Gasteiger partial charge in [-0.1, -0.05) is 18.2 Å². The molecule has 1 aliphatic heterocycles. The Labute approximate surface area is 206 Å². The van der Waals surface area contributed by atoms with Crippen LogP contribution in [0.5, 0.6) is 0 Å². The van der Waals surface area contributed by atoms with Crippen molar-refractivity contribution in [3.8, 4) is 0 Å². The van der Waals surface area contributed by atoms with E-state index < -0.39 is 0 Å². The third-order valence-electron chi connectivity index (χ3n) is 5.68. The van der Waals surface area contributed by atoms with Crippen LogP contribution in [0, 0.1) is 5.92 Å². The van der Waals surface area contributed by atoms with Crippen molar-refractivity contribution in [2.75, 3.05) is 40.8 Å². The van der Waals surface area contributed by atoms with Crippen molar-refractivity contribution < 1.29 is 9.53 Å². The Kier molecular flexibility index (Phi) is 10.8. The van der Waals surface area contributed by atoms with Crippen molar-refractivity contribution in [1.82, 2.24) is 15.5 Å². The van der Waals surface area contributed by atoms with Gasteiger partial charge in [0.15, 0.2) is 5.96 Å². The molecule has 2 N–H and O–H groups in total. The second-order valence-electron chi connectivity index (χ2n) is 7.66. The van der Waals surface area contributed by atoms with Crippen LogP contribution in [0.15, 0.2) is 46.8 Å². The molecule has 6 nitrogen and oxygen atoms in total. The van der Waals surface area contributed by atoms with Gasteiger partial charge < -0.3 is 15.4 Å². The van der Waals surface area contributed by atoms with E-state index in [9.17, 15) is 4.79 Å². The first kappa shape index (κ1) is 25.6. The number of carbonyl (C=O) groups is 1. The number of aliphatic imine (C=N–C) groups is 1. The topological polar surface area (TPSA) is 66.0 Å². The zero-order chi connectivity index (χ0) is 21.3. The fraction of sp³-hybridized carbons (Fsp3) is 0.478. The summed E-state index contributed by atoms with van der Waals surface area (Å²) in [6, 6.07) is 12.4. The third-order valence-corrected chi connectivity index (χ3v) is 6.62. The highest BCUT2D eigenvalue weighted by molar-refractivity contribution is 14.0. The first-order valence-corrected chi connectivity index (χ1v) is 11.4. The van der Waals surface area contributed by atoms with Gasteiger partial charge in [-0.25, -0.2) is 4.79 Å². The molecule has 1 fully saturated rings. The lowest BCUT2D eigenvalue weighted by Gasteiger charge is -2.39. The number of halogens is 1. The SMILES string of the molecule is CN=C(NCCc1ccc(C(=O)OC)cc1)NCC1CCCN(C)C1c1cccs1.I. The van der Waals surface area contributed by atoms with Crippen molar-refractivity contribution in [2.45, 2.75) is 25.3 Å². The summed E-state index contributed by atoms with van der Waals surface area (Å²) in [6.07, 6.45) is 3.31. The zero-order valence-corrected chi connectivity index (χ0v) is 21.6. The van der Waals surface area contributed by atoms with Crippen LogP contribution in [0.2, 0.25) is 0 Å². The van der Waals surface area contributed by atoms with E-state index in [0.29, 0.717) is 17.5 Å². The van der Waals surface area contributed by atoms with Gasteiger partial charge in [-0.3, -0.25) is 9.89 Å². The maximum absolute atomic E-state index is 11.5. The highest BCUT2D eigenvalue weighted by Gasteiger charge is 2.31. The first-order valence-electron chi connectivity index (χ1n) is 10.5. The van der Waals surface area contributed by atoms with Crippen LogP contribution in [0.25, 0.3) is 0 Å². The number of methoxy groups -OCH3 is 1. The molecule has 0 radical (unpaired) electrons. The molecule has 2 atom stereocenters. The van der Waals surface area contributed by atoms with Crippen molar-refractivity contribution in [2.24, 2.45) is 10.9 Å². The van der Waals surface area contributed by atoms with E-state index >= 15 is 0 Å². The Morgan fingerprint density at radius 1 is 1.26 bits per heavy atom. The normalized spacial score (nSPS) is 19.4. The number of benzene rings is 1. The largest absolute Gasteiger partial charge is 0.465 e. The Bertz CT molecular complexity index is 827. The Balaban J connectivity index is 0.00000341. The zero-order valence-electron chi connectivity index (χ0n) is 18.5. The van der Waals surface area contributed by atoms with Crippen LogP contribution < -0.4 is 10.6 Å². The van der Waals surface area contributed by atoms with Crippen LogP contribution in [-0.2, 0) is 11.2 Å². The Morgan fingerprint density at radius 2 is 2.03 bits per heavy atom. The van der Waals surface area contributed by atoms with Gasteiger partial charge in [0, 0.05) is 31.1 Å². The first-order chi connectivity index (χ1) is 14.6. The lowest BCUT2D eigenvalue weighted by Crippen LogP contribution is -2.45. The predicted octanol–water partition coefficient (Wildman–Crippen LogP) is 3.94. The third kappa shape index (κ3) is 7.18. The van der Waals surface area contributed by atoms with Gasteiger partial charge in [0.05, 0.1) is 12.7 Å². The smallest absolute Gasteiger partial charge is 0.337 e. The minimum Gasteiger partial charge on any atom is -0.465 e. The average molecular weight is 557 g/mol. The van der Waals surface area contributed by atoms with Gasteiger partial charge in [0.2, 0.25) is 0 Å². The monoisotopic (exact) mass is 556 g/mol. The average Bonchev–Trinajstić information content (AvgIpc) is 3.30. The molecule has 3 rings (SSSR count). The number of hydrogen-bond acceptors (Lipinski definition) is 5. The number of rotatable bonds is 7. The van der Waals surface area contributed by atoms with E-state index in [-0.39, 0.29) is 29.9 Å². The van der Waals surface area contributed by atoms with E-state index in [0.717, 1.165) is 37.6 Å². The molecule has 0 spiro atoms. The Morgan fingerprint density at radius 3 is 2.68 bits per heavy atom. The molecule has 1 aliphatic rings. The number of thiophene rings is 1. The van der Waals surface area contributed by atoms with Gasteiger partial charge in [0.25, 0.3) is 0 Å². The minimum atomic E-state index is -0.307. The molecular formula is C23H33IN4O2S. The number of nitrogens with zero attached hydrogens (tertiary/aromatic N) is 2. The van der Waals surface area contributed by atoms with Crippen LogP contribution in [-0.4, -0.2) is 57.7 Å². The number of hydrogen-bond donors (Lipinski definition) is 2. The lowest BCUT2D eigenvalue weighted by atomic mass is 9.88. The fourth-order valence-corrected chi connectivity index (χ4v) is 5.06. The molecule has 0 saturated carbocycles. The van der Waals surface area contributed by atoms with E-state index in [1.807, 2.05) is 30.5 Å². The molecule has 0 bridgehead atoms. The minimum absolute atomic E-state index is 0. The molecular weight excluding hydrogens is 523 g/mol. The number of carbonyl (C=O) groups excluding carboxylic acids is 1. The molecule has 1 aromatic carbocycles. The highest BCUT2D eigenvalue weighted by Crippen LogP contribution is 2.36. The number of esters is 1. The van der Waals surface area contributed by atoms with Gasteiger partial charge >= 0.3 is 5.97 Å². The van der Waals surface area contributed by atoms with Crippen LogP contribution in [0.4, 0.5) is 0 Å². The number of nitrogens with one attached hydrogen (secondary N) is 2. The molecule has 0 aliphatic carbocycles. The van der Waals surface area contributed by atoms with Crippen LogP contribution in [0.3, 0.4) is 0 Å². The summed E-state index contributed by atoms with van der Waals surface area (Å²) in [5.74, 6) is 1.09. The van der Waals surface area contributed by atoms with E-state index in [1.165, 1.54) is 24.8 Å². The molecule has 1 aromatic heterocycles. The van der Waals surface area contributed by atoms with E-state index in [4.69, 9.17) is 4.74 Å². The van der Waals surface area contributed by atoms with Gasteiger partial charge in [-0.15, -0.1) is 35.3 Å². The molecule has 1 saturated heterocycles. The maximum atomic E-state index is 11.5. The van der Waals surface area contributed by atoms with Crippen molar-refractivity contribution in [3.05, 3.63) is 57.8 Å². The summed E-state index contributed by atoms with van der Waals surface area (Å²) in [5.41, 5.74) is 1.74. The van der Waals surface area contributed by atoms with Crippen LogP contribution >= 0.6 is 35.3 Å². The summed E-state index contributed by atoms with van der Waals surface area (Å²) in [5, 5.41) is 9.10. The maximum Gasteiger partial charge on any atom is 0.337 e.